The number of fused-ring (bicyclic) bond motifs is 1. The predicted octanol–water partition coefficient (Wildman–Crippen LogP) is 3.69. The molecule has 0 bridgehead atoms. The molecule has 10 heteroatoms. The molecule has 0 atom stereocenters. The summed E-state index contributed by atoms with van der Waals surface area (Å²) in [4.78, 5) is 13.0. The number of amides is 1. The van der Waals surface area contributed by atoms with E-state index in [0.717, 1.165) is 34.2 Å². The van der Waals surface area contributed by atoms with E-state index in [9.17, 15) is 18.0 Å². The van der Waals surface area contributed by atoms with Crippen LogP contribution in [-0.2, 0) is 13.0 Å². The molecule has 152 valence electrons. The maximum absolute atomic E-state index is 13.0. The Morgan fingerprint density at radius 3 is 2.79 bits per heavy atom. The topological polar surface area (TPSA) is 65.7 Å². The van der Waals surface area contributed by atoms with E-state index in [1.54, 1.807) is 0 Å². The Morgan fingerprint density at radius 1 is 1.31 bits per heavy atom. The van der Waals surface area contributed by atoms with Crippen molar-refractivity contribution in [3.63, 3.8) is 0 Å². The zero-order valence-corrected chi connectivity index (χ0v) is 17.4. The smallest absolute Gasteiger partial charge is 0.496 e. The van der Waals surface area contributed by atoms with Crippen LogP contribution in [0.25, 0.3) is 0 Å². The first-order valence-corrected chi connectivity index (χ1v) is 9.83. The summed E-state index contributed by atoms with van der Waals surface area (Å²) in [6.07, 6.45) is -3.80. The highest BCUT2D eigenvalue weighted by Crippen LogP contribution is 2.34. The Bertz CT molecular complexity index is 1020. The zero-order valence-electron chi connectivity index (χ0n) is 15.2. The van der Waals surface area contributed by atoms with Gasteiger partial charge in [-0.25, -0.2) is 0 Å². The number of rotatable bonds is 4. The van der Waals surface area contributed by atoms with Crippen LogP contribution in [0.3, 0.4) is 0 Å². The van der Waals surface area contributed by atoms with Gasteiger partial charge < -0.3 is 15.4 Å². The van der Waals surface area contributed by atoms with Crippen molar-refractivity contribution in [3.05, 3.63) is 56.2 Å². The third-order valence-corrected chi connectivity index (χ3v) is 5.34. The number of alkyl halides is 3. The van der Waals surface area contributed by atoms with Gasteiger partial charge in [0, 0.05) is 21.4 Å². The molecule has 1 amide bonds. The standard InChI is InChI=1S/C19H16F3IN4O2/c1-29-16-3-2-10(17-26-27(17)19(20,21)22)7-14(16)18(28)25-15-8-12(23)6-11-9-24-5-4-13(11)15/h2-3,6-8,24H,4-5,9H2,1H3,(H,25,28). The van der Waals surface area contributed by atoms with Gasteiger partial charge >= 0.3 is 6.30 Å². The van der Waals surface area contributed by atoms with Crippen molar-refractivity contribution in [1.82, 2.24) is 10.3 Å². The lowest BCUT2D eigenvalue weighted by atomic mass is 9.98. The van der Waals surface area contributed by atoms with Gasteiger partial charge in [-0.3, -0.25) is 4.79 Å². The van der Waals surface area contributed by atoms with Crippen LogP contribution < -0.4 is 15.4 Å². The van der Waals surface area contributed by atoms with Crippen molar-refractivity contribution >= 4 is 40.0 Å². The highest BCUT2D eigenvalue weighted by molar-refractivity contribution is 14.1. The summed E-state index contributed by atoms with van der Waals surface area (Å²) in [5.41, 5.74) is 3.21. The Labute approximate surface area is 178 Å². The number of hydrogen-bond donors (Lipinski definition) is 2. The van der Waals surface area contributed by atoms with E-state index >= 15 is 0 Å². The molecule has 0 saturated carbocycles. The van der Waals surface area contributed by atoms with Crippen LogP contribution in [0, 0.1) is 3.57 Å². The molecule has 2 aliphatic heterocycles. The molecule has 2 heterocycles. The largest absolute Gasteiger partial charge is 0.506 e. The monoisotopic (exact) mass is 516 g/mol. The molecular formula is C19H16F3IN4O2. The lowest BCUT2D eigenvalue weighted by Gasteiger charge is -2.21. The number of halogens is 4. The molecule has 0 spiro atoms. The fourth-order valence-electron chi connectivity index (χ4n) is 3.34. The van der Waals surface area contributed by atoms with Gasteiger partial charge in [0.1, 0.15) is 5.75 Å². The van der Waals surface area contributed by atoms with E-state index in [4.69, 9.17) is 4.74 Å². The lowest BCUT2D eigenvalue weighted by molar-refractivity contribution is -0.201. The van der Waals surface area contributed by atoms with Crippen LogP contribution in [0.15, 0.2) is 35.4 Å². The predicted molar refractivity (Wildman–Crippen MR) is 110 cm³/mol. The highest BCUT2D eigenvalue weighted by atomic mass is 127. The molecule has 0 unspecified atom stereocenters. The average molecular weight is 516 g/mol. The van der Waals surface area contributed by atoms with E-state index in [1.165, 1.54) is 25.3 Å². The fraction of sp³-hybridized carbons (Fsp3) is 0.263. The summed E-state index contributed by atoms with van der Waals surface area (Å²) in [7, 11) is 1.40. The second-order valence-electron chi connectivity index (χ2n) is 6.59. The van der Waals surface area contributed by atoms with E-state index in [0.29, 0.717) is 5.69 Å². The summed E-state index contributed by atoms with van der Waals surface area (Å²) in [6.45, 7) is 1.53. The number of amidine groups is 1. The van der Waals surface area contributed by atoms with Crippen LogP contribution in [-0.4, -0.2) is 36.7 Å². The van der Waals surface area contributed by atoms with Crippen molar-refractivity contribution in [2.24, 2.45) is 5.10 Å². The van der Waals surface area contributed by atoms with Crippen LogP contribution >= 0.6 is 22.6 Å². The number of methoxy groups -OCH3 is 1. The Morgan fingerprint density at radius 2 is 2.10 bits per heavy atom. The van der Waals surface area contributed by atoms with Crippen LogP contribution in [0.2, 0.25) is 0 Å². The van der Waals surface area contributed by atoms with Crippen molar-refractivity contribution in [3.8, 4) is 5.75 Å². The molecule has 6 nitrogen and oxygen atoms in total. The number of benzene rings is 2. The van der Waals surface area contributed by atoms with Crippen molar-refractivity contribution < 1.29 is 22.7 Å². The van der Waals surface area contributed by atoms with E-state index in [1.807, 2.05) is 6.07 Å². The quantitative estimate of drug-likeness (QED) is 0.481. The summed E-state index contributed by atoms with van der Waals surface area (Å²) >= 11 is 2.19. The minimum absolute atomic E-state index is 0.0283. The number of carbonyl (C=O) groups is 1. The molecular weight excluding hydrogens is 500 g/mol. The number of nitrogens with one attached hydrogen (secondary N) is 2. The summed E-state index contributed by atoms with van der Waals surface area (Å²) in [5, 5.41) is 9.52. The van der Waals surface area contributed by atoms with Crippen molar-refractivity contribution in [2.75, 3.05) is 19.0 Å². The first kappa shape index (κ1) is 20.0. The van der Waals surface area contributed by atoms with Gasteiger partial charge in [0.2, 0.25) is 0 Å². The molecule has 4 rings (SSSR count). The zero-order chi connectivity index (χ0) is 20.8. The summed E-state index contributed by atoms with van der Waals surface area (Å²) in [5.74, 6) is -0.412. The minimum atomic E-state index is -4.58. The third kappa shape index (κ3) is 4.04. The van der Waals surface area contributed by atoms with Gasteiger partial charge in [-0.15, -0.1) is 23.3 Å². The molecule has 0 fully saturated rings. The number of hydrogen-bond acceptors (Lipinski definition) is 5. The van der Waals surface area contributed by atoms with Gasteiger partial charge in [0.05, 0.1) is 12.7 Å². The molecule has 0 aromatic heterocycles. The molecule has 29 heavy (non-hydrogen) atoms. The molecule has 2 aromatic carbocycles. The number of nitrogens with zero attached hydrogens (tertiary/aromatic N) is 2. The number of anilines is 1. The van der Waals surface area contributed by atoms with Gasteiger partial charge in [-0.05, 0) is 77.0 Å². The first-order valence-electron chi connectivity index (χ1n) is 8.75. The Balaban J connectivity index is 1.63. The van der Waals surface area contributed by atoms with E-state index in [2.05, 4.69) is 44.4 Å². The van der Waals surface area contributed by atoms with Crippen LogP contribution in [0.1, 0.15) is 27.0 Å². The van der Waals surface area contributed by atoms with Crippen LogP contribution in [0.5, 0.6) is 5.75 Å². The first-order chi connectivity index (χ1) is 13.8. The van der Waals surface area contributed by atoms with Crippen molar-refractivity contribution in [1.29, 1.82) is 0 Å². The van der Waals surface area contributed by atoms with Crippen molar-refractivity contribution in [2.45, 2.75) is 19.3 Å². The molecule has 2 aliphatic rings. The second-order valence-corrected chi connectivity index (χ2v) is 7.84. The van der Waals surface area contributed by atoms with Gasteiger partial charge in [0.25, 0.3) is 5.91 Å². The molecule has 0 aliphatic carbocycles. The van der Waals surface area contributed by atoms with Crippen LogP contribution in [0.4, 0.5) is 18.9 Å². The third-order valence-electron chi connectivity index (χ3n) is 4.72. The van der Waals surface area contributed by atoms with E-state index < -0.39 is 12.2 Å². The van der Waals surface area contributed by atoms with Gasteiger partial charge in [-0.2, -0.15) is 0 Å². The average Bonchev–Trinajstić information content (AvgIpc) is 3.48. The number of hydrazone groups is 1. The molecule has 0 saturated heterocycles. The summed E-state index contributed by atoms with van der Waals surface area (Å²) in [6, 6.07) is 8.22. The van der Waals surface area contributed by atoms with Gasteiger partial charge in [-0.1, -0.05) is 0 Å². The van der Waals surface area contributed by atoms with E-state index in [-0.39, 0.29) is 27.7 Å². The maximum atomic E-state index is 13.0. The minimum Gasteiger partial charge on any atom is -0.496 e. The highest BCUT2D eigenvalue weighted by Gasteiger charge is 2.48. The van der Waals surface area contributed by atoms with Gasteiger partial charge in [0.15, 0.2) is 5.84 Å². The number of carbonyl (C=O) groups excluding carboxylic acids is 1. The Kier molecular flexibility index (Phi) is 5.15. The number of ether oxygens (including phenoxy) is 1. The normalized spacial score (nSPS) is 15.5. The maximum Gasteiger partial charge on any atom is 0.506 e. The lowest BCUT2D eigenvalue weighted by Crippen LogP contribution is -2.26. The fourth-order valence-corrected chi connectivity index (χ4v) is 4.02. The second kappa shape index (κ2) is 7.48. The SMILES string of the molecule is COc1ccc(C2=NN2C(F)(F)F)cc1C(=O)Nc1cc(I)cc2c1CCNC2. The summed E-state index contributed by atoms with van der Waals surface area (Å²) < 4.78 is 44.5. The molecule has 2 N–H and O–H groups in total. The molecule has 0 radical (unpaired) electrons. The molecule has 2 aromatic rings. The Hall–Kier alpha value is -2.34.